The van der Waals surface area contributed by atoms with Gasteiger partial charge >= 0.3 is 6.18 Å². The molecule has 2 aromatic carbocycles. The van der Waals surface area contributed by atoms with E-state index in [-0.39, 0.29) is 22.9 Å². The van der Waals surface area contributed by atoms with Gasteiger partial charge in [-0.05, 0) is 36.4 Å². The summed E-state index contributed by atoms with van der Waals surface area (Å²) in [5.41, 5.74) is -1.38. The van der Waals surface area contributed by atoms with Crippen molar-refractivity contribution in [1.82, 2.24) is 9.78 Å². The fourth-order valence-electron chi connectivity index (χ4n) is 3.02. The molecule has 0 fully saturated rings. The molecule has 2 heterocycles. The first-order chi connectivity index (χ1) is 16.2. The van der Waals surface area contributed by atoms with Gasteiger partial charge in [-0.15, -0.1) is 0 Å². The molecule has 0 spiro atoms. The Morgan fingerprint density at radius 3 is 2.65 bits per heavy atom. The van der Waals surface area contributed by atoms with E-state index in [1.807, 2.05) is 0 Å². The van der Waals surface area contributed by atoms with Crippen LogP contribution in [0.15, 0.2) is 77.5 Å². The molecular weight excluding hydrogens is 457 g/mol. The third-order valence-corrected chi connectivity index (χ3v) is 4.52. The van der Waals surface area contributed by atoms with E-state index in [0.717, 1.165) is 30.3 Å². The maximum atomic E-state index is 12.9. The molecule has 12 heteroatoms. The van der Waals surface area contributed by atoms with Gasteiger partial charge in [0.2, 0.25) is 0 Å². The Kier molecular flexibility index (Phi) is 6.04. The van der Waals surface area contributed by atoms with E-state index < -0.39 is 28.3 Å². The molecule has 0 unspecified atom stereocenters. The van der Waals surface area contributed by atoms with E-state index in [1.165, 1.54) is 18.2 Å². The minimum absolute atomic E-state index is 0.00815. The summed E-state index contributed by atoms with van der Waals surface area (Å²) in [5.74, 6) is -0.586. The summed E-state index contributed by atoms with van der Waals surface area (Å²) in [6, 6.07) is 12.2. The average Bonchev–Trinajstić information content (AvgIpc) is 3.46. The van der Waals surface area contributed by atoms with Crippen LogP contribution in [0.5, 0.6) is 11.5 Å². The summed E-state index contributed by atoms with van der Waals surface area (Å²) in [6.45, 7) is 0.298. The molecule has 0 atom stereocenters. The van der Waals surface area contributed by atoms with Crippen LogP contribution in [-0.4, -0.2) is 20.6 Å². The van der Waals surface area contributed by atoms with Gasteiger partial charge in [-0.3, -0.25) is 19.6 Å². The van der Waals surface area contributed by atoms with Crippen LogP contribution in [0.1, 0.15) is 21.9 Å². The lowest BCUT2D eigenvalue weighted by Crippen LogP contribution is -2.11. The molecule has 0 bridgehead atoms. The zero-order valence-electron chi connectivity index (χ0n) is 17.2. The number of aromatic nitrogens is 2. The number of benzene rings is 2. The number of non-ortho nitro benzene ring substituents is 1. The number of alkyl halides is 3. The topological polar surface area (TPSA) is 112 Å². The van der Waals surface area contributed by atoms with Crippen LogP contribution in [0.25, 0.3) is 0 Å². The quantitative estimate of drug-likeness (QED) is 0.281. The van der Waals surface area contributed by atoms with Crippen LogP contribution in [0.4, 0.5) is 24.5 Å². The number of amides is 1. The van der Waals surface area contributed by atoms with E-state index in [4.69, 9.17) is 9.15 Å². The Balaban J connectivity index is 1.54. The summed E-state index contributed by atoms with van der Waals surface area (Å²) in [6.07, 6.45) is -1.27. The van der Waals surface area contributed by atoms with Crippen LogP contribution in [0.3, 0.4) is 0 Å². The van der Waals surface area contributed by atoms with Crippen molar-refractivity contribution in [3.05, 3.63) is 100 Å². The molecule has 0 aliphatic heterocycles. The standard InChI is InChI=1S/C22H15F3N4O5/c23-22(24,25)14-3-1-4-17(9-14)33-19-11-15(10-16(12-19)29(31)32)27-21(30)20-6-5-18(34-20)13-28-8-2-7-26-28/h1-12H,13H2,(H,27,30). The highest BCUT2D eigenvalue weighted by atomic mass is 19.4. The molecule has 0 saturated carbocycles. The average molecular weight is 472 g/mol. The first-order valence-electron chi connectivity index (χ1n) is 9.69. The number of nitro groups is 1. The Hall–Kier alpha value is -4.61. The summed E-state index contributed by atoms with van der Waals surface area (Å²) in [7, 11) is 0. The van der Waals surface area contributed by atoms with Crippen molar-refractivity contribution in [2.24, 2.45) is 0 Å². The molecule has 34 heavy (non-hydrogen) atoms. The lowest BCUT2D eigenvalue weighted by molar-refractivity contribution is -0.384. The van der Waals surface area contributed by atoms with Crippen molar-refractivity contribution in [2.45, 2.75) is 12.7 Å². The number of ether oxygens (including phenoxy) is 1. The number of rotatable bonds is 7. The molecule has 2 aromatic heterocycles. The van der Waals surface area contributed by atoms with Crippen molar-refractivity contribution in [1.29, 1.82) is 0 Å². The van der Waals surface area contributed by atoms with Crippen molar-refractivity contribution in [3.63, 3.8) is 0 Å². The molecule has 0 saturated heterocycles. The smallest absolute Gasteiger partial charge is 0.416 e. The van der Waals surface area contributed by atoms with Gasteiger partial charge in [-0.2, -0.15) is 18.3 Å². The predicted octanol–water partition coefficient (Wildman–Crippen LogP) is 5.50. The third-order valence-electron chi connectivity index (χ3n) is 4.52. The Bertz CT molecular complexity index is 1330. The highest BCUT2D eigenvalue weighted by Crippen LogP contribution is 2.34. The number of carbonyl (C=O) groups is 1. The minimum atomic E-state index is -4.58. The van der Waals surface area contributed by atoms with Crippen molar-refractivity contribution in [3.8, 4) is 11.5 Å². The summed E-state index contributed by atoms with van der Waals surface area (Å²) in [4.78, 5) is 23.2. The van der Waals surface area contributed by atoms with E-state index in [0.29, 0.717) is 12.3 Å². The summed E-state index contributed by atoms with van der Waals surface area (Å²) >= 11 is 0. The van der Waals surface area contributed by atoms with Crippen LogP contribution in [0, 0.1) is 10.1 Å². The number of nitro benzene ring substituents is 1. The number of anilines is 1. The van der Waals surface area contributed by atoms with Crippen molar-refractivity contribution >= 4 is 17.3 Å². The minimum Gasteiger partial charge on any atom is -0.457 e. The van der Waals surface area contributed by atoms with Gasteiger partial charge in [0.1, 0.15) is 17.3 Å². The second kappa shape index (κ2) is 9.10. The Labute approximate surface area is 189 Å². The second-order valence-electron chi connectivity index (χ2n) is 7.02. The predicted molar refractivity (Wildman–Crippen MR) is 113 cm³/mol. The fourth-order valence-corrected chi connectivity index (χ4v) is 3.02. The van der Waals surface area contributed by atoms with Crippen LogP contribution in [0.2, 0.25) is 0 Å². The van der Waals surface area contributed by atoms with Gasteiger partial charge in [0.05, 0.1) is 28.8 Å². The molecular formula is C22H15F3N4O5. The normalized spacial score (nSPS) is 11.3. The molecule has 174 valence electrons. The van der Waals surface area contributed by atoms with E-state index in [2.05, 4.69) is 10.4 Å². The number of hydrogen-bond acceptors (Lipinski definition) is 6. The SMILES string of the molecule is O=C(Nc1cc(Oc2cccc(C(F)(F)F)c2)cc([N+](=O)[O-])c1)c1ccc(Cn2cccn2)o1. The summed E-state index contributed by atoms with van der Waals surface area (Å²) < 4.78 is 51.3. The van der Waals surface area contributed by atoms with E-state index >= 15 is 0 Å². The molecule has 0 radical (unpaired) electrons. The van der Waals surface area contributed by atoms with Gasteiger partial charge < -0.3 is 14.5 Å². The zero-order chi connectivity index (χ0) is 24.3. The first kappa shape index (κ1) is 22.6. The largest absolute Gasteiger partial charge is 0.457 e. The Morgan fingerprint density at radius 2 is 1.94 bits per heavy atom. The van der Waals surface area contributed by atoms with Crippen molar-refractivity contribution in [2.75, 3.05) is 5.32 Å². The monoisotopic (exact) mass is 472 g/mol. The maximum absolute atomic E-state index is 12.9. The highest BCUT2D eigenvalue weighted by molar-refractivity contribution is 6.02. The zero-order valence-corrected chi connectivity index (χ0v) is 17.2. The van der Waals surface area contributed by atoms with E-state index in [9.17, 15) is 28.1 Å². The number of nitrogens with one attached hydrogen (secondary N) is 1. The number of furan rings is 1. The van der Waals surface area contributed by atoms with Crippen LogP contribution >= 0.6 is 0 Å². The van der Waals surface area contributed by atoms with Crippen LogP contribution < -0.4 is 10.1 Å². The highest BCUT2D eigenvalue weighted by Gasteiger charge is 2.30. The number of hydrogen-bond donors (Lipinski definition) is 1. The molecule has 1 amide bonds. The lowest BCUT2D eigenvalue weighted by Gasteiger charge is -2.11. The number of carbonyl (C=O) groups excluding carboxylic acids is 1. The number of halogens is 3. The second-order valence-corrected chi connectivity index (χ2v) is 7.02. The van der Waals surface area contributed by atoms with Gasteiger partial charge in [0.25, 0.3) is 11.6 Å². The molecule has 1 N–H and O–H groups in total. The molecule has 0 aliphatic carbocycles. The third kappa shape index (κ3) is 5.41. The maximum Gasteiger partial charge on any atom is 0.416 e. The summed E-state index contributed by atoms with van der Waals surface area (Å²) in [5, 5.41) is 17.8. The van der Waals surface area contributed by atoms with Gasteiger partial charge in [0, 0.05) is 24.5 Å². The van der Waals surface area contributed by atoms with Crippen LogP contribution in [-0.2, 0) is 12.7 Å². The fraction of sp³-hybridized carbons (Fsp3) is 0.0909. The van der Waals surface area contributed by atoms with Gasteiger partial charge in [-0.25, -0.2) is 0 Å². The molecule has 9 nitrogen and oxygen atoms in total. The van der Waals surface area contributed by atoms with E-state index in [1.54, 1.807) is 29.2 Å². The number of nitrogens with zero attached hydrogens (tertiary/aromatic N) is 3. The van der Waals surface area contributed by atoms with Gasteiger partial charge in [0.15, 0.2) is 5.76 Å². The lowest BCUT2D eigenvalue weighted by atomic mass is 10.2. The molecule has 4 aromatic rings. The molecule has 4 rings (SSSR count). The van der Waals surface area contributed by atoms with Crippen molar-refractivity contribution < 1.29 is 32.0 Å². The Morgan fingerprint density at radius 1 is 1.12 bits per heavy atom. The first-order valence-corrected chi connectivity index (χ1v) is 9.69. The van der Waals surface area contributed by atoms with Gasteiger partial charge in [-0.1, -0.05) is 6.07 Å². The molecule has 0 aliphatic rings.